The molecule has 0 unspecified atom stereocenters. The van der Waals surface area contributed by atoms with E-state index in [4.69, 9.17) is 4.74 Å². The Labute approximate surface area is 157 Å². The van der Waals surface area contributed by atoms with Gasteiger partial charge in [-0.3, -0.25) is 5.32 Å². The molecule has 1 heterocycles. The average Bonchev–Trinajstić information content (AvgIpc) is 2.92. The third-order valence-corrected chi connectivity index (χ3v) is 5.80. The third-order valence-electron chi connectivity index (χ3n) is 4.60. The van der Waals surface area contributed by atoms with Crippen LogP contribution in [0.15, 0.2) is 24.3 Å². The third kappa shape index (κ3) is 4.25. The van der Waals surface area contributed by atoms with Gasteiger partial charge in [-0.25, -0.2) is 9.59 Å². The highest BCUT2D eigenvalue weighted by atomic mass is 32.1. The van der Waals surface area contributed by atoms with Crippen LogP contribution in [0, 0.1) is 6.92 Å². The number of rotatable bonds is 3. The normalized spacial score (nSPS) is 13.9. The monoisotopic (exact) mass is 372 g/mol. The van der Waals surface area contributed by atoms with Crippen LogP contribution in [0.5, 0.6) is 0 Å². The van der Waals surface area contributed by atoms with Gasteiger partial charge in [-0.15, -0.1) is 11.3 Å². The Hall–Kier alpha value is -2.34. The summed E-state index contributed by atoms with van der Waals surface area (Å²) in [5.41, 5.74) is 3.41. The summed E-state index contributed by atoms with van der Waals surface area (Å²) in [5.74, 6) is -0.381. The zero-order chi connectivity index (χ0) is 18.5. The average molecular weight is 372 g/mol. The minimum Gasteiger partial charge on any atom is -0.465 e. The van der Waals surface area contributed by atoms with Crippen LogP contribution in [0.25, 0.3) is 0 Å². The maximum Gasteiger partial charge on any atom is 0.341 e. The van der Waals surface area contributed by atoms with Crippen LogP contribution < -0.4 is 10.6 Å². The Balaban J connectivity index is 1.83. The molecule has 0 spiro atoms. The first-order valence-electron chi connectivity index (χ1n) is 8.96. The van der Waals surface area contributed by atoms with Gasteiger partial charge in [-0.2, -0.15) is 0 Å². The van der Waals surface area contributed by atoms with E-state index < -0.39 is 0 Å². The predicted molar refractivity (Wildman–Crippen MR) is 105 cm³/mol. The second kappa shape index (κ2) is 8.36. The van der Waals surface area contributed by atoms with E-state index in [1.165, 1.54) is 36.2 Å². The van der Waals surface area contributed by atoms with Gasteiger partial charge in [-0.05, 0) is 50.3 Å². The number of thiophene rings is 1. The number of benzene rings is 1. The second-order valence-electron chi connectivity index (χ2n) is 6.56. The Morgan fingerprint density at radius 1 is 1.00 bits per heavy atom. The summed E-state index contributed by atoms with van der Waals surface area (Å²) in [6.45, 7) is 1.99. The molecule has 0 aliphatic heterocycles. The number of urea groups is 1. The number of methoxy groups -OCH3 is 1. The second-order valence-corrected chi connectivity index (χ2v) is 7.66. The fourth-order valence-electron chi connectivity index (χ4n) is 3.23. The van der Waals surface area contributed by atoms with Crippen LogP contribution >= 0.6 is 11.3 Å². The van der Waals surface area contributed by atoms with Gasteiger partial charge < -0.3 is 10.1 Å². The molecule has 1 aliphatic rings. The number of hydrogen-bond donors (Lipinski definition) is 2. The van der Waals surface area contributed by atoms with E-state index in [1.807, 2.05) is 31.2 Å². The Bertz CT molecular complexity index is 796. The van der Waals surface area contributed by atoms with Crippen LogP contribution in [0.1, 0.15) is 52.0 Å². The van der Waals surface area contributed by atoms with Gasteiger partial charge in [0.1, 0.15) is 5.00 Å². The molecule has 6 heteroatoms. The number of aryl methyl sites for hydroxylation is 2. The number of amides is 2. The van der Waals surface area contributed by atoms with Crippen molar-refractivity contribution in [2.75, 3.05) is 17.7 Å². The molecule has 2 aromatic rings. The zero-order valence-electron chi connectivity index (χ0n) is 15.2. The van der Waals surface area contributed by atoms with E-state index in [1.54, 1.807) is 0 Å². The zero-order valence-corrected chi connectivity index (χ0v) is 16.0. The lowest BCUT2D eigenvalue weighted by Gasteiger charge is -2.11. The molecule has 138 valence electrons. The Morgan fingerprint density at radius 2 is 1.69 bits per heavy atom. The highest BCUT2D eigenvalue weighted by Gasteiger charge is 2.25. The predicted octanol–water partition coefficient (Wildman–Crippen LogP) is 5.15. The number of esters is 1. The van der Waals surface area contributed by atoms with Crippen LogP contribution in [0.4, 0.5) is 15.5 Å². The minimum atomic E-state index is -0.381. The molecule has 3 rings (SSSR count). The maximum atomic E-state index is 12.4. The number of fused-ring (bicyclic) bond motifs is 1. The molecule has 1 aromatic carbocycles. The van der Waals surface area contributed by atoms with Gasteiger partial charge in [0.25, 0.3) is 0 Å². The van der Waals surface area contributed by atoms with Crippen LogP contribution in [0.2, 0.25) is 0 Å². The van der Waals surface area contributed by atoms with E-state index >= 15 is 0 Å². The standard InChI is InChI=1S/C20H24N2O3S/c1-13-9-11-14(12-10-13)21-20(24)22-18-17(19(23)25-2)15-7-5-3-4-6-8-16(15)26-18/h9-12H,3-8H2,1-2H3,(H2,21,22,24). The first kappa shape index (κ1) is 18.5. The Kier molecular flexibility index (Phi) is 5.93. The smallest absolute Gasteiger partial charge is 0.341 e. The van der Waals surface area contributed by atoms with Gasteiger partial charge in [0, 0.05) is 10.6 Å². The minimum absolute atomic E-state index is 0.353. The molecule has 0 fully saturated rings. The van der Waals surface area contributed by atoms with E-state index in [-0.39, 0.29) is 12.0 Å². The van der Waals surface area contributed by atoms with E-state index in [2.05, 4.69) is 10.6 Å². The summed E-state index contributed by atoms with van der Waals surface area (Å²) >= 11 is 1.50. The largest absolute Gasteiger partial charge is 0.465 e. The number of carbonyl (C=O) groups excluding carboxylic acids is 2. The van der Waals surface area contributed by atoms with Crippen LogP contribution in [-0.2, 0) is 17.6 Å². The molecule has 0 bridgehead atoms. The quantitative estimate of drug-likeness (QED) is 0.733. The summed E-state index contributed by atoms with van der Waals surface area (Å²) in [6.07, 6.45) is 6.36. The van der Waals surface area contributed by atoms with Gasteiger partial charge in [0.2, 0.25) is 0 Å². The van der Waals surface area contributed by atoms with Crippen molar-refractivity contribution in [1.82, 2.24) is 0 Å². The molecular weight excluding hydrogens is 348 g/mol. The molecule has 0 atom stereocenters. The summed E-state index contributed by atoms with van der Waals surface area (Å²) < 4.78 is 4.98. The molecular formula is C20H24N2O3S. The highest BCUT2D eigenvalue weighted by Crippen LogP contribution is 2.37. The van der Waals surface area contributed by atoms with Crippen molar-refractivity contribution in [2.24, 2.45) is 0 Å². The molecule has 0 saturated carbocycles. The first-order chi connectivity index (χ1) is 12.6. The Morgan fingerprint density at radius 3 is 2.38 bits per heavy atom. The highest BCUT2D eigenvalue weighted by molar-refractivity contribution is 7.17. The SMILES string of the molecule is COC(=O)c1c(NC(=O)Nc2ccc(C)cc2)sc2c1CCCCCC2. The van der Waals surface area contributed by atoms with Crippen molar-refractivity contribution in [3.8, 4) is 0 Å². The van der Waals surface area contributed by atoms with Crippen molar-refractivity contribution in [3.05, 3.63) is 45.8 Å². The van der Waals surface area contributed by atoms with E-state index in [9.17, 15) is 9.59 Å². The molecule has 1 aromatic heterocycles. The lowest BCUT2D eigenvalue weighted by atomic mass is 9.96. The van der Waals surface area contributed by atoms with Gasteiger partial charge in [-0.1, -0.05) is 30.5 Å². The van der Waals surface area contributed by atoms with Gasteiger partial charge >= 0.3 is 12.0 Å². The van der Waals surface area contributed by atoms with Crippen molar-refractivity contribution < 1.29 is 14.3 Å². The molecule has 2 N–H and O–H groups in total. The van der Waals surface area contributed by atoms with Crippen molar-refractivity contribution >= 4 is 34.0 Å². The summed E-state index contributed by atoms with van der Waals surface area (Å²) in [4.78, 5) is 26.0. The fourth-order valence-corrected chi connectivity index (χ4v) is 4.50. The fraction of sp³-hybridized carbons (Fsp3) is 0.400. The van der Waals surface area contributed by atoms with E-state index in [0.717, 1.165) is 36.8 Å². The van der Waals surface area contributed by atoms with Crippen LogP contribution in [-0.4, -0.2) is 19.1 Å². The molecule has 26 heavy (non-hydrogen) atoms. The van der Waals surface area contributed by atoms with Gasteiger partial charge in [0.05, 0.1) is 12.7 Å². The lowest BCUT2D eigenvalue weighted by Crippen LogP contribution is -2.20. The van der Waals surface area contributed by atoms with Crippen LogP contribution in [0.3, 0.4) is 0 Å². The number of anilines is 2. The molecule has 0 radical (unpaired) electrons. The number of nitrogens with one attached hydrogen (secondary N) is 2. The molecule has 0 saturated heterocycles. The lowest BCUT2D eigenvalue weighted by molar-refractivity contribution is 0.0601. The van der Waals surface area contributed by atoms with Crippen molar-refractivity contribution in [2.45, 2.75) is 45.4 Å². The molecule has 2 amide bonds. The first-order valence-corrected chi connectivity index (χ1v) is 9.77. The number of hydrogen-bond acceptors (Lipinski definition) is 4. The topological polar surface area (TPSA) is 67.4 Å². The van der Waals surface area contributed by atoms with Gasteiger partial charge in [0.15, 0.2) is 0 Å². The molecule has 1 aliphatic carbocycles. The summed E-state index contributed by atoms with van der Waals surface area (Å²) in [5, 5.41) is 6.24. The van der Waals surface area contributed by atoms with Crippen molar-refractivity contribution in [1.29, 1.82) is 0 Å². The molecule has 5 nitrogen and oxygen atoms in total. The number of carbonyl (C=O) groups is 2. The van der Waals surface area contributed by atoms with Crippen molar-refractivity contribution in [3.63, 3.8) is 0 Å². The summed E-state index contributed by atoms with van der Waals surface area (Å²) in [6, 6.07) is 7.22. The summed E-state index contributed by atoms with van der Waals surface area (Å²) in [7, 11) is 1.38. The number of ether oxygens (including phenoxy) is 1. The maximum absolute atomic E-state index is 12.4. The van der Waals surface area contributed by atoms with E-state index in [0.29, 0.717) is 16.3 Å².